The minimum Gasteiger partial charge on any atom is -0.289 e. The molecule has 0 N–H and O–H groups in total. The quantitative estimate of drug-likeness (QED) is 0.416. The molecule has 0 aliphatic carbocycles. The molecule has 0 radical (unpaired) electrons. The van der Waals surface area contributed by atoms with Crippen molar-refractivity contribution in [1.82, 2.24) is 0 Å². The molecule has 0 saturated carbocycles. The van der Waals surface area contributed by atoms with Crippen molar-refractivity contribution in [3.8, 4) is 0 Å². The largest absolute Gasteiger partial charge is 0.289 e. The Morgan fingerprint density at radius 3 is 2.53 bits per heavy atom. The number of hydrogen-bond donors (Lipinski definition) is 0. The third-order valence-electron chi connectivity index (χ3n) is 1.93. The second-order valence-electron chi connectivity index (χ2n) is 2.90. The van der Waals surface area contributed by atoms with E-state index in [2.05, 4.69) is 11.6 Å². The molecule has 0 amide bonds. The number of carbonyl (C=O) groups excluding carboxylic acids is 1. The number of aliphatic imine (C=N–C) groups is 1. The van der Waals surface area contributed by atoms with E-state index >= 15 is 0 Å². The van der Waals surface area contributed by atoms with Gasteiger partial charge in [-0.15, -0.1) is 0 Å². The summed E-state index contributed by atoms with van der Waals surface area (Å²) in [7, 11) is 0. The standard InChI is InChI=1S/C13H13NO/c1-3-11(10-14-4-2)13(15)12-8-6-5-7-9-12/h3-10H,2H2,1H3/b11-3+,14-10?. The summed E-state index contributed by atoms with van der Waals surface area (Å²) in [5.74, 6) is -0.0244. The number of ketones is 1. The molecule has 1 rings (SSSR count). The Kier molecular flexibility index (Phi) is 4.23. The summed E-state index contributed by atoms with van der Waals surface area (Å²) in [4.78, 5) is 15.7. The van der Waals surface area contributed by atoms with Crippen molar-refractivity contribution in [2.75, 3.05) is 0 Å². The van der Waals surface area contributed by atoms with Gasteiger partial charge in [0.15, 0.2) is 5.78 Å². The fourth-order valence-corrected chi connectivity index (χ4v) is 1.15. The molecule has 2 heteroatoms. The maximum atomic E-state index is 11.9. The number of hydrogen-bond acceptors (Lipinski definition) is 2. The van der Waals surface area contributed by atoms with Gasteiger partial charge in [0.05, 0.1) is 0 Å². The SMILES string of the molecule is C=CN=C/C(=C\C)C(=O)c1ccccc1. The van der Waals surface area contributed by atoms with Gasteiger partial charge in [0.1, 0.15) is 0 Å². The molecule has 15 heavy (non-hydrogen) atoms. The summed E-state index contributed by atoms with van der Waals surface area (Å²) < 4.78 is 0. The first-order valence-electron chi connectivity index (χ1n) is 4.69. The van der Waals surface area contributed by atoms with Crippen molar-refractivity contribution in [1.29, 1.82) is 0 Å². The number of benzene rings is 1. The predicted octanol–water partition coefficient (Wildman–Crippen LogP) is 3.03. The molecule has 1 aromatic rings. The Bertz CT molecular complexity index is 402. The average Bonchev–Trinajstić information content (AvgIpc) is 2.31. The van der Waals surface area contributed by atoms with E-state index in [1.165, 1.54) is 12.4 Å². The number of Topliss-reactive ketones (excluding diaryl/α,β-unsaturated/α-hetero) is 1. The van der Waals surface area contributed by atoms with Gasteiger partial charge in [0.2, 0.25) is 0 Å². The van der Waals surface area contributed by atoms with Crippen LogP contribution in [0.5, 0.6) is 0 Å². The summed E-state index contributed by atoms with van der Waals surface area (Å²) in [6.07, 6.45) is 4.66. The van der Waals surface area contributed by atoms with E-state index in [1.807, 2.05) is 25.1 Å². The second-order valence-corrected chi connectivity index (χ2v) is 2.90. The van der Waals surface area contributed by atoms with E-state index in [-0.39, 0.29) is 5.78 Å². The molecule has 0 aliphatic rings. The van der Waals surface area contributed by atoms with Gasteiger partial charge >= 0.3 is 0 Å². The lowest BCUT2D eigenvalue weighted by Gasteiger charge is -1.99. The minimum atomic E-state index is -0.0244. The van der Waals surface area contributed by atoms with Crippen molar-refractivity contribution in [3.63, 3.8) is 0 Å². The van der Waals surface area contributed by atoms with Gasteiger partial charge in [-0.05, 0) is 6.92 Å². The van der Waals surface area contributed by atoms with E-state index in [0.29, 0.717) is 11.1 Å². The van der Waals surface area contributed by atoms with Crippen molar-refractivity contribution >= 4 is 12.0 Å². The fourth-order valence-electron chi connectivity index (χ4n) is 1.15. The fraction of sp³-hybridized carbons (Fsp3) is 0.0769. The molecule has 0 aromatic heterocycles. The Morgan fingerprint density at radius 2 is 2.00 bits per heavy atom. The van der Waals surface area contributed by atoms with Gasteiger partial charge in [0, 0.05) is 23.6 Å². The van der Waals surface area contributed by atoms with Crippen LogP contribution < -0.4 is 0 Å². The lowest BCUT2D eigenvalue weighted by molar-refractivity contribution is 0.104. The Labute approximate surface area is 89.7 Å². The number of nitrogens with zero attached hydrogens (tertiary/aromatic N) is 1. The molecule has 0 bridgehead atoms. The molecule has 0 fully saturated rings. The van der Waals surface area contributed by atoms with Gasteiger partial charge in [-0.2, -0.15) is 0 Å². The molecular weight excluding hydrogens is 186 g/mol. The summed E-state index contributed by atoms with van der Waals surface area (Å²) in [6, 6.07) is 9.13. The van der Waals surface area contributed by atoms with E-state index in [9.17, 15) is 4.79 Å². The first kappa shape index (κ1) is 11.1. The maximum absolute atomic E-state index is 11.9. The Balaban J connectivity index is 2.93. The van der Waals surface area contributed by atoms with Crippen LogP contribution in [0.2, 0.25) is 0 Å². The van der Waals surface area contributed by atoms with Gasteiger partial charge in [-0.25, -0.2) is 0 Å². The highest BCUT2D eigenvalue weighted by Gasteiger charge is 2.07. The molecule has 76 valence electrons. The Hall–Kier alpha value is -1.96. The molecule has 0 atom stereocenters. The molecule has 0 aliphatic heterocycles. The topological polar surface area (TPSA) is 29.4 Å². The zero-order chi connectivity index (χ0) is 11.1. The molecule has 0 heterocycles. The highest BCUT2D eigenvalue weighted by atomic mass is 16.1. The van der Waals surface area contributed by atoms with Crippen LogP contribution >= 0.6 is 0 Å². The van der Waals surface area contributed by atoms with Crippen LogP contribution in [0.3, 0.4) is 0 Å². The highest BCUT2D eigenvalue weighted by molar-refractivity contribution is 6.21. The van der Waals surface area contributed by atoms with Crippen molar-refractivity contribution < 1.29 is 4.79 Å². The first-order valence-corrected chi connectivity index (χ1v) is 4.69. The summed E-state index contributed by atoms with van der Waals surface area (Å²) in [5.41, 5.74) is 1.24. The van der Waals surface area contributed by atoms with E-state index in [4.69, 9.17) is 0 Å². The minimum absolute atomic E-state index is 0.0244. The van der Waals surface area contributed by atoms with Crippen LogP contribution in [0, 0.1) is 0 Å². The summed E-state index contributed by atoms with van der Waals surface area (Å²) in [5, 5.41) is 0. The van der Waals surface area contributed by atoms with E-state index in [0.717, 1.165) is 0 Å². The average molecular weight is 199 g/mol. The molecule has 1 aromatic carbocycles. The first-order chi connectivity index (χ1) is 7.29. The molecule has 0 unspecified atom stereocenters. The number of carbonyl (C=O) groups is 1. The monoisotopic (exact) mass is 199 g/mol. The van der Waals surface area contributed by atoms with Gasteiger partial charge in [-0.3, -0.25) is 9.79 Å². The van der Waals surface area contributed by atoms with Crippen molar-refractivity contribution in [2.45, 2.75) is 6.92 Å². The molecule has 2 nitrogen and oxygen atoms in total. The summed E-state index contributed by atoms with van der Waals surface area (Å²) >= 11 is 0. The van der Waals surface area contributed by atoms with Gasteiger partial charge in [-0.1, -0.05) is 43.0 Å². The Morgan fingerprint density at radius 1 is 1.33 bits per heavy atom. The lowest BCUT2D eigenvalue weighted by atomic mass is 10.0. The molecular formula is C13H13NO. The zero-order valence-electron chi connectivity index (χ0n) is 8.68. The van der Waals surface area contributed by atoms with Crippen LogP contribution in [0.15, 0.2) is 59.8 Å². The maximum Gasteiger partial charge on any atom is 0.194 e. The zero-order valence-corrected chi connectivity index (χ0v) is 8.68. The third kappa shape index (κ3) is 3.02. The van der Waals surface area contributed by atoms with E-state index < -0.39 is 0 Å². The van der Waals surface area contributed by atoms with Crippen molar-refractivity contribution in [2.24, 2.45) is 4.99 Å². The van der Waals surface area contributed by atoms with Crippen LogP contribution in [0.4, 0.5) is 0 Å². The lowest BCUT2D eigenvalue weighted by Crippen LogP contribution is -2.03. The van der Waals surface area contributed by atoms with Crippen LogP contribution in [0.1, 0.15) is 17.3 Å². The van der Waals surface area contributed by atoms with Gasteiger partial charge in [0.25, 0.3) is 0 Å². The van der Waals surface area contributed by atoms with Crippen LogP contribution in [0.25, 0.3) is 0 Å². The predicted molar refractivity (Wildman–Crippen MR) is 63.2 cm³/mol. The normalized spacial score (nSPS) is 11.7. The second kappa shape index (κ2) is 5.70. The third-order valence-corrected chi connectivity index (χ3v) is 1.93. The van der Waals surface area contributed by atoms with Crippen LogP contribution in [-0.4, -0.2) is 12.0 Å². The molecule has 0 spiro atoms. The van der Waals surface area contributed by atoms with Crippen LogP contribution in [-0.2, 0) is 0 Å². The highest BCUT2D eigenvalue weighted by Crippen LogP contribution is 2.06. The summed E-state index contributed by atoms with van der Waals surface area (Å²) in [6.45, 7) is 5.27. The molecule has 0 saturated heterocycles. The van der Waals surface area contributed by atoms with E-state index in [1.54, 1.807) is 18.2 Å². The van der Waals surface area contributed by atoms with Gasteiger partial charge < -0.3 is 0 Å². The smallest absolute Gasteiger partial charge is 0.194 e. The van der Waals surface area contributed by atoms with Crippen molar-refractivity contribution in [3.05, 3.63) is 60.3 Å². The number of rotatable bonds is 4. The number of allylic oxidation sites excluding steroid dienone is 2.